The first-order chi connectivity index (χ1) is 11.5. The summed E-state index contributed by atoms with van der Waals surface area (Å²) < 4.78 is 1.27. The fraction of sp³-hybridized carbons (Fsp3) is 0.0625. The highest BCUT2D eigenvalue weighted by molar-refractivity contribution is 6.39. The molecule has 0 radical (unpaired) electrons. The van der Waals surface area contributed by atoms with Crippen LogP contribution in [0.1, 0.15) is 0 Å². The fourth-order valence-corrected chi connectivity index (χ4v) is 2.76. The molecule has 24 heavy (non-hydrogen) atoms. The summed E-state index contributed by atoms with van der Waals surface area (Å²) in [6, 6.07) is 14.1. The van der Waals surface area contributed by atoms with Crippen molar-refractivity contribution in [2.24, 2.45) is 12.9 Å². The minimum Gasteiger partial charge on any atom is -0.279 e. The third-order valence-corrected chi connectivity index (χ3v) is 4.07. The molecule has 0 amide bonds. The van der Waals surface area contributed by atoms with Gasteiger partial charge in [-0.1, -0.05) is 47.5 Å². The molecule has 0 aliphatic rings. The van der Waals surface area contributed by atoms with Gasteiger partial charge in [-0.05, 0) is 24.3 Å². The first-order valence-electron chi connectivity index (χ1n) is 6.98. The smallest absolute Gasteiger partial charge is 0.279 e. The van der Waals surface area contributed by atoms with Crippen LogP contribution in [0.25, 0.3) is 11.4 Å². The largest absolute Gasteiger partial charge is 0.352 e. The van der Waals surface area contributed by atoms with E-state index in [4.69, 9.17) is 29.0 Å². The number of hydrazine groups is 1. The van der Waals surface area contributed by atoms with Gasteiger partial charge in [-0.2, -0.15) is 9.97 Å². The van der Waals surface area contributed by atoms with Crippen LogP contribution >= 0.6 is 23.2 Å². The highest BCUT2D eigenvalue weighted by Gasteiger charge is 2.18. The molecule has 1 aromatic heterocycles. The minimum atomic E-state index is -0.516. The zero-order chi connectivity index (χ0) is 17.3. The number of nitrogens with two attached hydrogens (primary N) is 1. The van der Waals surface area contributed by atoms with Crippen molar-refractivity contribution >= 4 is 34.8 Å². The number of benzene rings is 2. The minimum absolute atomic E-state index is 0.0512. The molecule has 0 aliphatic carbocycles. The molecule has 1 heterocycles. The van der Waals surface area contributed by atoms with Crippen molar-refractivity contribution in [1.82, 2.24) is 14.5 Å². The van der Waals surface area contributed by atoms with E-state index in [1.165, 1.54) is 9.58 Å². The molecule has 3 aromatic rings. The van der Waals surface area contributed by atoms with E-state index in [9.17, 15) is 4.79 Å². The van der Waals surface area contributed by atoms with Crippen molar-refractivity contribution in [2.45, 2.75) is 0 Å². The lowest BCUT2D eigenvalue weighted by Gasteiger charge is -2.18. The van der Waals surface area contributed by atoms with E-state index in [0.29, 0.717) is 21.3 Å². The van der Waals surface area contributed by atoms with Gasteiger partial charge in [0.25, 0.3) is 5.95 Å². The van der Waals surface area contributed by atoms with Crippen LogP contribution < -0.4 is 16.5 Å². The number of aromatic nitrogens is 3. The van der Waals surface area contributed by atoms with Crippen LogP contribution in [-0.4, -0.2) is 14.5 Å². The lowest BCUT2D eigenvalue weighted by atomic mass is 10.2. The van der Waals surface area contributed by atoms with E-state index in [1.807, 2.05) is 18.2 Å². The van der Waals surface area contributed by atoms with Crippen LogP contribution in [0.15, 0.2) is 53.3 Å². The highest BCUT2D eigenvalue weighted by atomic mass is 35.5. The van der Waals surface area contributed by atoms with Crippen LogP contribution in [0.3, 0.4) is 0 Å². The topological polar surface area (TPSA) is 77.0 Å². The maximum atomic E-state index is 12.2. The van der Waals surface area contributed by atoms with Crippen LogP contribution in [0, 0.1) is 0 Å². The number of nitrogens with zero attached hydrogens (tertiary/aromatic N) is 4. The van der Waals surface area contributed by atoms with Crippen molar-refractivity contribution in [3.8, 4) is 11.4 Å². The summed E-state index contributed by atoms with van der Waals surface area (Å²) >= 11 is 12.5. The summed E-state index contributed by atoms with van der Waals surface area (Å²) in [7, 11) is 1.55. The molecule has 2 aromatic carbocycles. The summed E-state index contributed by atoms with van der Waals surface area (Å²) in [5.74, 6) is 6.39. The second-order valence-electron chi connectivity index (χ2n) is 4.99. The van der Waals surface area contributed by atoms with E-state index in [2.05, 4.69) is 9.97 Å². The van der Waals surface area contributed by atoms with Gasteiger partial charge in [0.05, 0.1) is 21.3 Å². The van der Waals surface area contributed by atoms with E-state index in [-0.39, 0.29) is 11.8 Å². The van der Waals surface area contributed by atoms with Crippen molar-refractivity contribution in [3.05, 3.63) is 69.1 Å². The Morgan fingerprint density at radius 1 is 1.00 bits per heavy atom. The molecule has 0 unspecified atom stereocenters. The molecule has 2 N–H and O–H groups in total. The monoisotopic (exact) mass is 361 g/mol. The molecule has 0 saturated heterocycles. The maximum absolute atomic E-state index is 12.2. The molecule has 0 saturated carbocycles. The summed E-state index contributed by atoms with van der Waals surface area (Å²) in [4.78, 5) is 20.5. The number of halogens is 2. The van der Waals surface area contributed by atoms with E-state index in [1.54, 1.807) is 37.4 Å². The Morgan fingerprint density at radius 3 is 2.25 bits per heavy atom. The quantitative estimate of drug-likeness (QED) is 0.572. The summed E-state index contributed by atoms with van der Waals surface area (Å²) in [6.45, 7) is 0. The third kappa shape index (κ3) is 2.99. The summed E-state index contributed by atoms with van der Waals surface area (Å²) in [6.07, 6.45) is 0. The normalized spacial score (nSPS) is 10.7. The van der Waals surface area contributed by atoms with Crippen molar-refractivity contribution < 1.29 is 0 Å². The van der Waals surface area contributed by atoms with Gasteiger partial charge in [0.15, 0.2) is 5.82 Å². The second kappa shape index (κ2) is 6.60. The average Bonchev–Trinajstić information content (AvgIpc) is 2.58. The van der Waals surface area contributed by atoms with Gasteiger partial charge in [0, 0.05) is 7.05 Å². The predicted molar refractivity (Wildman–Crippen MR) is 95.5 cm³/mol. The Bertz CT molecular complexity index is 923. The molecular formula is C16H13Cl2N5O. The average molecular weight is 362 g/mol. The van der Waals surface area contributed by atoms with Crippen LogP contribution in [0.5, 0.6) is 0 Å². The Morgan fingerprint density at radius 2 is 1.62 bits per heavy atom. The van der Waals surface area contributed by atoms with Crippen molar-refractivity contribution in [1.29, 1.82) is 0 Å². The maximum Gasteiger partial charge on any atom is 0.352 e. The van der Waals surface area contributed by atoms with Gasteiger partial charge in [-0.3, -0.25) is 4.57 Å². The first kappa shape index (κ1) is 16.4. The van der Waals surface area contributed by atoms with Gasteiger partial charge in [-0.25, -0.2) is 15.6 Å². The third-order valence-electron chi connectivity index (χ3n) is 3.44. The molecule has 0 bridgehead atoms. The Kier molecular flexibility index (Phi) is 4.53. The van der Waals surface area contributed by atoms with Gasteiger partial charge >= 0.3 is 5.69 Å². The van der Waals surface area contributed by atoms with Gasteiger partial charge in [0.1, 0.15) is 0 Å². The van der Waals surface area contributed by atoms with Crippen LogP contribution in [0.4, 0.5) is 11.6 Å². The molecule has 122 valence electrons. The van der Waals surface area contributed by atoms with Gasteiger partial charge in [0.2, 0.25) is 0 Å². The van der Waals surface area contributed by atoms with E-state index in [0.717, 1.165) is 0 Å². The molecule has 0 fully saturated rings. The van der Waals surface area contributed by atoms with Crippen LogP contribution in [0.2, 0.25) is 10.0 Å². The Labute approximate surface area is 148 Å². The molecular weight excluding hydrogens is 349 g/mol. The summed E-state index contributed by atoms with van der Waals surface area (Å²) in [5.41, 5.74) is 0.574. The lowest BCUT2D eigenvalue weighted by molar-refractivity contribution is 0.772. The highest BCUT2D eigenvalue weighted by Crippen LogP contribution is 2.33. The molecule has 3 rings (SSSR count). The molecule has 0 atom stereocenters. The number of hydrogen-bond donors (Lipinski definition) is 1. The van der Waals surface area contributed by atoms with E-state index >= 15 is 0 Å². The second-order valence-corrected chi connectivity index (χ2v) is 5.81. The Hall–Kier alpha value is -2.41. The zero-order valence-corrected chi connectivity index (χ0v) is 14.2. The fourth-order valence-electron chi connectivity index (χ4n) is 2.19. The SMILES string of the molecule is Cn1c(-c2c(Cl)cccc2Cl)nc(N(N)c2ccccc2)nc1=O. The van der Waals surface area contributed by atoms with Gasteiger partial charge in [-0.15, -0.1) is 0 Å². The lowest BCUT2D eigenvalue weighted by Crippen LogP contribution is -2.32. The van der Waals surface area contributed by atoms with E-state index < -0.39 is 5.69 Å². The van der Waals surface area contributed by atoms with Crippen molar-refractivity contribution in [3.63, 3.8) is 0 Å². The number of para-hydroxylation sites is 1. The molecule has 8 heteroatoms. The van der Waals surface area contributed by atoms with Crippen LogP contribution in [-0.2, 0) is 7.05 Å². The van der Waals surface area contributed by atoms with Gasteiger partial charge < -0.3 is 0 Å². The number of rotatable bonds is 3. The predicted octanol–water partition coefficient (Wildman–Crippen LogP) is 3.16. The molecule has 0 aliphatic heterocycles. The standard InChI is InChI=1S/C16H13Cl2N5O/c1-22-14(13-11(17)8-5-9-12(13)18)20-15(21-16(22)24)23(19)10-6-3-2-4-7-10/h2-9H,19H2,1H3. The summed E-state index contributed by atoms with van der Waals surface area (Å²) in [5, 5.41) is 1.99. The van der Waals surface area contributed by atoms with Crippen molar-refractivity contribution in [2.75, 3.05) is 5.01 Å². The number of anilines is 2. The molecule has 6 nitrogen and oxygen atoms in total. The number of hydrogen-bond acceptors (Lipinski definition) is 5. The molecule has 0 spiro atoms. The first-order valence-corrected chi connectivity index (χ1v) is 7.74. The zero-order valence-electron chi connectivity index (χ0n) is 12.6. The Balaban J connectivity index is 2.19.